The number of aromatic nitrogens is 2. The fourth-order valence-electron chi connectivity index (χ4n) is 3.36. The average molecular weight is 473 g/mol. The minimum absolute atomic E-state index is 0.140. The van der Waals surface area contributed by atoms with Crippen molar-refractivity contribution in [3.05, 3.63) is 33.1 Å². The van der Waals surface area contributed by atoms with Gasteiger partial charge in [0, 0.05) is 27.9 Å². The summed E-state index contributed by atoms with van der Waals surface area (Å²) >= 11 is 1.63. The Kier molecular flexibility index (Phi) is 6.87. The number of rotatable bonds is 6. The zero-order chi connectivity index (χ0) is 24.5. The van der Waals surface area contributed by atoms with Crippen LogP contribution in [-0.2, 0) is 14.3 Å². The molecule has 0 saturated carbocycles. The molecule has 3 heterocycles. The summed E-state index contributed by atoms with van der Waals surface area (Å²) in [5.74, 6) is -1.49. The van der Waals surface area contributed by atoms with E-state index in [4.69, 9.17) is 9.26 Å². The van der Waals surface area contributed by atoms with Crippen LogP contribution in [0.25, 0.3) is 22.4 Å². The van der Waals surface area contributed by atoms with Crippen LogP contribution in [0.3, 0.4) is 0 Å². The fourth-order valence-corrected chi connectivity index (χ4v) is 4.29. The number of likely N-dealkylation sites (N-methyl/N-ethyl adjacent to an activating group) is 1. The van der Waals surface area contributed by atoms with Gasteiger partial charge in [0.1, 0.15) is 0 Å². The number of thiophene rings is 1. The molecule has 176 valence electrons. The van der Waals surface area contributed by atoms with Gasteiger partial charge in [0.25, 0.3) is 11.6 Å². The van der Waals surface area contributed by atoms with Crippen molar-refractivity contribution in [3.63, 3.8) is 0 Å². The van der Waals surface area contributed by atoms with Gasteiger partial charge in [0.2, 0.25) is 5.91 Å². The fraction of sp³-hybridized carbons (Fsp3) is 0.435. The number of aryl methyl sites for hydroxylation is 3. The van der Waals surface area contributed by atoms with Gasteiger partial charge in [0.15, 0.2) is 6.61 Å². The molecular formula is C23H28N4O5S. The van der Waals surface area contributed by atoms with Gasteiger partial charge in [-0.3, -0.25) is 9.59 Å². The molecule has 0 unspecified atom stereocenters. The van der Waals surface area contributed by atoms with Crippen molar-refractivity contribution in [2.45, 2.75) is 47.1 Å². The minimum atomic E-state index is -0.694. The SMILES string of the molecule is Cc1cc(-c2cc(C(=O)OCC(=O)N(C)CC(=O)NC(C)(C)C)c3c(C)noc3n2)c(C)s1. The smallest absolute Gasteiger partial charge is 0.339 e. The molecule has 0 aliphatic heterocycles. The van der Waals surface area contributed by atoms with E-state index in [9.17, 15) is 14.4 Å². The molecule has 0 fully saturated rings. The Hall–Kier alpha value is -3.27. The lowest BCUT2D eigenvalue weighted by Gasteiger charge is -2.23. The standard InChI is InChI=1S/C23H28N4O5S/c1-12-8-15(14(3)33-12)17-9-16(20-13(2)26-32-21(20)24-17)22(30)31-11-19(29)27(7)10-18(28)25-23(4,5)6/h8-9H,10-11H2,1-7H3,(H,25,28). The van der Waals surface area contributed by atoms with Crippen LogP contribution in [0.2, 0.25) is 0 Å². The average Bonchev–Trinajstić information content (AvgIpc) is 3.24. The number of carbonyl (C=O) groups is 3. The van der Waals surface area contributed by atoms with Crippen LogP contribution < -0.4 is 5.32 Å². The Balaban J connectivity index is 1.78. The van der Waals surface area contributed by atoms with Gasteiger partial charge >= 0.3 is 5.97 Å². The Morgan fingerprint density at radius 2 is 1.88 bits per heavy atom. The summed E-state index contributed by atoms with van der Waals surface area (Å²) in [6.45, 7) is 10.6. The van der Waals surface area contributed by atoms with E-state index in [1.54, 1.807) is 24.3 Å². The second kappa shape index (κ2) is 9.30. The number of carbonyl (C=O) groups excluding carboxylic acids is 3. The molecule has 1 N–H and O–H groups in total. The van der Waals surface area contributed by atoms with Gasteiger partial charge < -0.3 is 19.5 Å². The maximum absolute atomic E-state index is 13.0. The summed E-state index contributed by atoms with van der Waals surface area (Å²) in [6, 6.07) is 3.63. The van der Waals surface area contributed by atoms with Crippen LogP contribution >= 0.6 is 11.3 Å². The van der Waals surface area contributed by atoms with E-state index in [1.807, 2.05) is 40.7 Å². The van der Waals surface area contributed by atoms with Crippen LogP contribution in [0, 0.1) is 20.8 Å². The third kappa shape index (κ3) is 5.75. The number of nitrogens with zero attached hydrogens (tertiary/aromatic N) is 3. The van der Waals surface area contributed by atoms with Crippen LogP contribution in [0.1, 0.15) is 46.6 Å². The summed E-state index contributed by atoms with van der Waals surface area (Å²) in [5.41, 5.74) is 1.99. The first-order valence-electron chi connectivity index (χ1n) is 10.4. The highest BCUT2D eigenvalue weighted by molar-refractivity contribution is 7.12. The van der Waals surface area contributed by atoms with Crippen molar-refractivity contribution in [2.75, 3.05) is 20.2 Å². The summed E-state index contributed by atoms with van der Waals surface area (Å²) in [6.07, 6.45) is 0. The normalized spacial score (nSPS) is 11.5. The highest BCUT2D eigenvalue weighted by Crippen LogP contribution is 2.33. The van der Waals surface area contributed by atoms with E-state index in [0.717, 1.165) is 15.3 Å². The molecule has 3 aromatic rings. The number of fused-ring (bicyclic) bond motifs is 1. The van der Waals surface area contributed by atoms with Gasteiger partial charge in [-0.2, -0.15) is 0 Å². The molecule has 0 spiro atoms. The van der Waals surface area contributed by atoms with Gasteiger partial charge in [-0.25, -0.2) is 9.78 Å². The van der Waals surface area contributed by atoms with Crippen molar-refractivity contribution in [1.82, 2.24) is 20.4 Å². The summed E-state index contributed by atoms with van der Waals surface area (Å²) in [7, 11) is 1.48. The van der Waals surface area contributed by atoms with Crippen LogP contribution in [-0.4, -0.2) is 58.6 Å². The first kappa shape index (κ1) is 24.4. The lowest BCUT2D eigenvalue weighted by atomic mass is 10.1. The van der Waals surface area contributed by atoms with E-state index in [2.05, 4.69) is 15.5 Å². The molecule has 2 amide bonds. The monoisotopic (exact) mass is 472 g/mol. The van der Waals surface area contributed by atoms with Crippen molar-refractivity contribution in [1.29, 1.82) is 0 Å². The molecule has 3 rings (SSSR count). The van der Waals surface area contributed by atoms with E-state index in [-0.39, 0.29) is 23.7 Å². The second-order valence-electron chi connectivity index (χ2n) is 8.95. The highest BCUT2D eigenvalue weighted by Gasteiger charge is 2.23. The molecule has 3 aromatic heterocycles. The predicted molar refractivity (Wildman–Crippen MR) is 125 cm³/mol. The molecule has 0 atom stereocenters. The van der Waals surface area contributed by atoms with E-state index < -0.39 is 24.0 Å². The quantitative estimate of drug-likeness (QED) is 0.547. The van der Waals surface area contributed by atoms with Crippen molar-refractivity contribution < 1.29 is 23.6 Å². The van der Waals surface area contributed by atoms with Gasteiger partial charge in [-0.1, -0.05) is 5.16 Å². The van der Waals surface area contributed by atoms with Crippen LogP contribution in [0.5, 0.6) is 0 Å². The number of esters is 1. The minimum Gasteiger partial charge on any atom is -0.452 e. The molecule has 0 aliphatic carbocycles. The Bertz CT molecular complexity index is 1220. The molecule has 9 nitrogen and oxygen atoms in total. The number of nitrogens with one attached hydrogen (secondary N) is 1. The maximum Gasteiger partial charge on any atom is 0.339 e. The van der Waals surface area contributed by atoms with Crippen LogP contribution in [0.4, 0.5) is 0 Å². The van der Waals surface area contributed by atoms with Gasteiger partial charge in [-0.15, -0.1) is 11.3 Å². The van der Waals surface area contributed by atoms with Gasteiger partial charge in [0.05, 0.1) is 28.9 Å². The molecule has 0 aliphatic rings. The third-order valence-electron chi connectivity index (χ3n) is 4.80. The molecule has 0 saturated heterocycles. The highest BCUT2D eigenvalue weighted by atomic mass is 32.1. The number of amides is 2. The zero-order valence-electron chi connectivity index (χ0n) is 19.9. The van der Waals surface area contributed by atoms with Gasteiger partial charge in [-0.05, 0) is 53.7 Å². The largest absolute Gasteiger partial charge is 0.452 e. The molecule has 33 heavy (non-hydrogen) atoms. The van der Waals surface area contributed by atoms with Crippen molar-refractivity contribution in [2.24, 2.45) is 0 Å². The zero-order valence-corrected chi connectivity index (χ0v) is 20.7. The summed E-state index contributed by atoms with van der Waals surface area (Å²) < 4.78 is 10.6. The lowest BCUT2D eigenvalue weighted by molar-refractivity contribution is -0.137. The number of hydrogen-bond acceptors (Lipinski definition) is 8. The molecular weight excluding hydrogens is 444 g/mol. The summed E-state index contributed by atoms with van der Waals surface area (Å²) in [4.78, 5) is 45.3. The van der Waals surface area contributed by atoms with Crippen LogP contribution in [0.15, 0.2) is 16.7 Å². The first-order valence-corrected chi connectivity index (χ1v) is 11.2. The third-order valence-corrected chi connectivity index (χ3v) is 5.77. The predicted octanol–water partition coefficient (Wildman–Crippen LogP) is 3.41. The molecule has 0 bridgehead atoms. The lowest BCUT2D eigenvalue weighted by Crippen LogP contribution is -2.46. The van der Waals surface area contributed by atoms with Crippen molar-refractivity contribution >= 4 is 40.2 Å². The molecule has 0 aromatic carbocycles. The number of ether oxygens (including phenoxy) is 1. The van der Waals surface area contributed by atoms with E-state index in [0.29, 0.717) is 16.8 Å². The number of pyridine rings is 1. The number of hydrogen-bond donors (Lipinski definition) is 1. The van der Waals surface area contributed by atoms with E-state index in [1.165, 1.54) is 11.9 Å². The van der Waals surface area contributed by atoms with E-state index >= 15 is 0 Å². The van der Waals surface area contributed by atoms with Crippen molar-refractivity contribution in [3.8, 4) is 11.3 Å². The first-order chi connectivity index (χ1) is 15.4. The topological polar surface area (TPSA) is 115 Å². The Labute approximate surface area is 196 Å². The molecule has 0 radical (unpaired) electrons. The second-order valence-corrected chi connectivity index (χ2v) is 10.4. The molecule has 10 heteroatoms. The maximum atomic E-state index is 13.0. The Morgan fingerprint density at radius 1 is 1.18 bits per heavy atom. The summed E-state index contributed by atoms with van der Waals surface area (Å²) in [5, 5.41) is 7.15. The Morgan fingerprint density at radius 3 is 2.48 bits per heavy atom.